The highest BCUT2D eigenvalue weighted by Crippen LogP contribution is 2.58. The lowest BCUT2D eigenvalue weighted by molar-refractivity contribution is -0.259. The Bertz CT molecular complexity index is 2380. The van der Waals surface area contributed by atoms with Crippen molar-refractivity contribution in [1.82, 2.24) is 0 Å². The summed E-state index contributed by atoms with van der Waals surface area (Å²) in [7, 11) is 0. The number of hydrogen-bond acceptors (Lipinski definition) is 0. The van der Waals surface area contributed by atoms with Crippen molar-refractivity contribution in [2.24, 2.45) is 118 Å². The van der Waals surface area contributed by atoms with E-state index in [1.807, 2.05) is 83.1 Å². The Kier molecular flexibility index (Phi) is 64.8. The molecule has 0 aromatic carbocycles. The zero-order chi connectivity index (χ0) is 99.0. The van der Waals surface area contributed by atoms with Gasteiger partial charge in [0.15, 0.2) is 0 Å². The smallest absolute Gasteiger partial charge is 0.171 e. The van der Waals surface area contributed by atoms with Crippen LogP contribution in [-0.4, -0.2) is 49.4 Å². The Balaban J connectivity index is -0.000000139. The van der Waals surface area contributed by atoms with Gasteiger partial charge in [0.25, 0.3) is 0 Å². The van der Waals surface area contributed by atoms with Crippen LogP contribution in [0.5, 0.6) is 0 Å². The molecule has 0 aromatic heterocycles. The molecule has 0 radical (unpaired) electrons. The summed E-state index contributed by atoms with van der Waals surface area (Å²) in [5.74, 6) is -0.154. The lowest BCUT2D eigenvalue weighted by atomic mass is 9.60. The predicted molar refractivity (Wildman–Crippen MR) is 461 cm³/mol. The summed E-state index contributed by atoms with van der Waals surface area (Å²) in [5, 5.41) is 0. The van der Waals surface area contributed by atoms with Gasteiger partial charge >= 0.3 is 49.4 Å². The van der Waals surface area contributed by atoms with Crippen molar-refractivity contribution in [3.63, 3.8) is 0 Å². The van der Waals surface area contributed by atoms with E-state index in [2.05, 4.69) is 76.2 Å². The minimum atomic E-state index is -4.12. The molecule has 734 valence electrons. The molecule has 0 aliphatic heterocycles. The Hall–Kier alpha value is -1.68. The molecule has 0 fully saturated rings. The molecular formula is C95H186F24. The Labute approximate surface area is 716 Å². The molecule has 0 aromatic rings. The zero-order valence-corrected chi connectivity index (χ0v) is 84.1. The van der Waals surface area contributed by atoms with Gasteiger partial charge < -0.3 is 0 Å². The fourth-order valence-corrected chi connectivity index (χ4v) is 16.4. The van der Waals surface area contributed by atoms with E-state index >= 15 is 0 Å². The summed E-state index contributed by atoms with van der Waals surface area (Å²) in [6.07, 6.45) is -21.5. The van der Waals surface area contributed by atoms with Crippen molar-refractivity contribution in [2.75, 3.05) is 0 Å². The van der Waals surface area contributed by atoms with Crippen molar-refractivity contribution >= 4 is 0 Å². The van der Waals surface area contributed by atoms with Crippen molar-refractivity contribution in [3.8, 4) is 0 Å². The van der Waals surface area contributed by atoms with E-state index in [1.165, 1.54) is 88.0 Å². The van der Waals surface area contributed by atoms with Crippen molar-refractivity contribution < 1.29 is 105 Å². The van der Waals surface area contributed by atoms with Crippen molar-refractivity contribution in [3.05, 3.63) is 0 Å². The molecule has 0 rings (SSSR count). The Morgan fingerprint density at radius 2 is 0.437 bits per heavy atom. The molecule has 5 unspecified atom stereocenters. The van der Waals surface area contributed by atoms with E-state index in [0.717, 1.165) is 5.92 Å². The summed E-state index contributed by atoms with van der Waals surface area (Å²) >= 11 is 0. The standard InChI is InChI=1S/C12H23F3.2C11H21F3.C10H19F3.C10H22.C9H17F3.C9H20.2C8H15F3.C7H13F3/c1-7-11(6,12(13,14)15)10(8(2)3)9(4)5;1-7(2)9(8(3)4)10(5,6)11(12,13)14;1-6-9(4,7-2)10(5,8-3)11(12,13)14;1-5-8(6-2)9(4,7-3)10(11,12)13;1-7-10(6,8-2)9(3,4)5;1-4-6-8(3,7-5-2)9(10,11)12;1-6-8(7-2)9(3,4)5;1-5-7(4,6(2)3)8(9,10)11;1-4-6-7(3,5-2)8(9,10)11;1-4-6(3,5-2)7(8,9)10/h8-10H,7H2,1-6H3;7-9H,1-6H3;6-8H2,1-5H3;8H,5-7H2,1-4H3;7-8H2,1-6H3;4-7H2,1-3H3;8H,6-7H2,1-5H3;6H,5H2,1-4H3;4-6H2,1-3H3;4-5H2,1-3H3. The molecule has 0 nitrogen and oxygen atoms in total. The van der Waals surface area contributed by atoms with Gasteiger partial charge in [-0.3, -0.25) is 0 Å². The SMILES string of the molecule is CC(C)C(C(C)C)C(C)(C)C(F)(F)F.CCC(C)(C(C(C)C)C(C)C)C(F)(F)F.CCC(C)(C(C)C)C(F)(F)F.CCC(C)(CC)C(C)(C)C.CCC(C)(CC)C(C)(CC)C(F)(F)F.CCC(C)(CC)C(F)(F)F.CCC(CC)C(C)(C)C.CCC(CC)C(C)(CC)C(F)(F)F.CCCC(C)(CC)C(F)(F)F.CCCC(C)(CCC)C(F)(F)F. The lowest BCUT2D eigenvalue weighted by Crippen LogP contribution is -2.47. The van der Waals surface area contributed by atoms with Gasteiger partial charge in [0.2, 0.25) is 0 Å². The van der Waals surface area contributed by atoms with Gasteiger partial charge in [-0.05, 0) is 152 Å². The van der Waals surface area contributed by atoms with Crippen LogP contribution in [0.15, 0.2) is 0 Å². The zero-order valence-electron chi connectivity index (χ0n) is 84.1. The lowest BCUT2D eigenvalue weighted by Gasteiger charge is -2.46. The monoisotopic (exact) mass is 1780 g/mol. The van der Waals surface area contributed by atoms with Gasteiger partial charge in [0.1, 0.15) is 0 Å². The van der Waals surface area contributed by atoms with E-state index in [4.69, 9.17) is 0 Å². The minimum absolute atomic E-state index is 0.0478. The molecule has 0 amide bonds. The second kappa shape index (κ2) is 55.9. The van der Waals surface area contributed by atoms with Crippen LogP contribution in [-0.2, 0) is 0 Å². The van der Waals surface area contributed by atoms with Gasteiger partial charge in [-0.15, -0.1) is 0 Å². The van der Waals surface area contributed by atoms with Crippen LogP contribution in [0.3, 0.4) is 0 Å². The quantitative estimate of drug-likeness (QED) is 0.0629. The highest BCUT2D eigenvalue weighted by atomic mass is 19.4. The van der Waals surface area contributed by atoms with Crippen molar-refractivity contribution in [2.45, 2.75) is 496 Å². The topological polar surface area (TPSA) is 0 Å². The molecule has 0 aliphatic carbocycles. The third-order valence-electron chi connectivity index (χ3n) is 29.1. The van der Waals surface area contributed by atoms with Crippen LogP contribution in [0.4, 0.5) is 105 Å². The molecule has 0 aliphatic rings. The molecule has 119 heavy (non-hydrogen) atoms. The minimum Gasteiger partial charge on any atom is -0.171 e. The highest BCUT2D eigenvalue weighted by Gasteiger charge is 2.60. The summed E-state index contributed by atoms with van der Waals surface area (Å²) in [6.45, 7) is 81.0. The molecule has 5 atom stereocenters. The normalized spacial score (nSPS) is 16.0. The van der Waals surface area contributed by atoms with Gasteiger partial charge in [-0.25, -0.2) is 0 Å². The van der Waals surface area contributed by atoms with Gasteiger partial charge in [0, 0.05) is 0 Å². The second-order valence-corrected chi connectivity index (χ2v) is 40.1. The van der Waals surface area contributed by atoms with Crippen LogP contribution < -0.4 is 0 Å². The number of alkyl halides is 24. The van der Waals surface area contributed by atoms with Crippen molar-refractivity contribution in [1.29, 1.82) is 0 Å². The average molecular weight is 1780 g/mol. The summed E-state index contributed by atoms with van der Waals surface area (Å²) < 4.78 is 302. The number of halogens is 24. The Morgan fingerprint density at radius 3 is 0.496 bits per heavy atom. The maximum absolute atomic E-state index is 13.1. The van der Waals surface area contributed by atoms with Crippen LogP contribution in [0.25, 0.3) is 0 Å². The Morgan fingerprint density at radius 1 is 0.202 bits per heavy atom. The first-order valence-corrected chi connectivity index (χ1v) is 44.9. The fraction of sp³-hybridized carbons (Fsp3) is 1.00. The molecule has 0 saturated heterocycles. The molecule has 0 spiro atoms. The first-order valence-electron chi connectivity index (χ1n) is 44.9. The van der Waals surface area contributed by atoms with E-state index in [9.17, 15) is 105 Å². The second-order valence-electron chi connectivity index (χ2n) is 40.1. The van der Waals surface area contributed by atoms with Gasteiger partial charge in [-0.2, -0.15) is 105 Å². The van der Waals surface area contributed by atoms with Crippen LogP contribution in [0.1, 0.15) is 446 Å². The molecule has 0 heterocycles. The third kappa shape index (κ3) is 43.3. The first kappa shape index (κ1) is 138. The van der Waals surface area contributed by atoms with E-state index < -0.39 is 98.1 Å². The molecule has 0 bridgehead atoms. The largest absolute Gasteiger partial charge is 0.394 e. The molecular weight excluding hydrogens is 1600 g/mol. The van der Waals surface area contributed by atoms with E-state index in [-0.39, 0.29) is 112 Å². The van der Waals surface area contributed by atoms with Gasteiger partial charge in [0.05, 0.1) is 43.3 Å². The summed E-state index contributed by atoms with van der Waals surface area (Å²) in [6, 6.07) is 0. The number of rotatable bonds is 30. The summed E-state index contributed by atoms with van der Waals surface area (Å²) in [4.78, 5) is 0. The summed E-state index contributed by atoms with van der Waals surface area (Å²) in [5.41, 5.74) is -11.3. The van der Waals surface area contributed by atoms with Crippen LogP contribution in [0.2, 0.25) is 0 Å². The fourth-order valence-electron chi connectivity index (χ4n) is 16.4. The predicted octanol–water partition coefficient (Wildman–Crippen LogP) is 40.8. The van der Waals surface area contributed by atoms with Gasteiger partial charge in [-0.1, -0.05) is 369 Å². The molecule has 24 heteroatoms. The maximum Gasteiger partial charge on any atom is 0.394 e. The van der Waals surface area contributed by atoms with Crippen LogP contribution in [0, 0.1) is 118 Å². The highest BCUT2D eigenvalue weighted by molar-refractivity contribution is 4.96. The first-order chi connectivity index (χ1) is 52.4. The third-order valence-corrected chi connectivity index (χ3v) is 29.1. The van der Waals surface area contributed by atoms with E-state index in [1.54, 1.807) is 90.0 Å². The number of hydrogen-bond donors (Lipinski definition) is 0. The average Bonchev–Trinajstić information content (AvgIpc) is 0.768. The van der Waals surface area contributed by atoms with Crippen LogP contribution >= 0.6 is 0 Å². The van der Waals surface area contributed by atoms with E-state index in [0.29, 0.717) is 61.2 Å². The molecule has 0 saturated carbocycles. The maximum atomic E-state index is 13.1. The molecule has 0 N–H and O–H groups in total.